The molecule has 0 spiro atoms. The van der Waals surface area contributed by atoms with Gasteiger partial charge < -0.3 is 0 Å². The zero-order valence-corrected chi connectivity index (χ0v) is 15.1. The summed E-state index contributed by atoms with van der Waals surface area (Å²) in [5.41, 5.74) is 0. The zero-order valence-electron chi connectivity index (χ0n) is 13.5. The van der Waals surface area contributed by atoms with E-state index < -0.39 is 30.2 Å². The highest BCUT2D eigenvalue weighted by molar-refractivity contribution is 8.10. The summed E-state index contributed by atoms with van der Waals surface area (Å²) in [5, 5.41) is 0. The predicted octanol–water partition coefficient (Wildman–Crippen LogP) is 3.23. The summed E-state index contributed by atoms with van der Waals surface area (Å²) in [5.74, 6) is 2.24. The second kappa shape index (κ2) is 7.26. The molecular weight excluding hydrogens is 356 g/mol. The maximum absolute atomic E-state index is 13.3. The van der Waals surface area contributed by atoms with Crippen LogP contribution in [0.5, 0.6) is 0 Å². The van der Waals surface area contributed by atoms with Crippen molar-refractivity contribution < 1.29 is 16.8 Å². The lowest BCUT2D eigenvalue weighted by molar-refractivity contribution is 0.539. The average Bonchev–Trinajstić information content (AvgIpc) is 2.62. The smallest absolute Gasteiger partial charge is 0.200 e. The maximum Gasteiger partial charge on any atom is 0.200 e. The van der Waals surface area contributed by atoms with Crippen molar-refractivity contribution in [1.82, 2.24) is 0 Å². The molecule has 4 nitrogen and oxygen atoms in total. The van der Waals surface area contributed by atoms with Gasteiger partial charge in [0.2, 0.25) is 0 Å². The van der Waals surface area contributed by atoms with Crippen molar-refractivity contribution in [3.05, 3.63) is 73.3 Å². The molecule has 6 heteroatoms. The fourth-order valence-electron chi connectivity index (χ4n) is 2.63. The quantitative estimate of drug-likeness (QED) is 0.551. The Labute approximate surface area is 149 Å². The predicted molar refractivity (Wildman–Crippen MR) is 98.3 cm³/mol. The van der Waals surface area contributed by atoms with Crippen LogP contribution in [0.1, 0.15) is 12.8 Å². The molecule has 0 amide bonds. The van der Waals surface area contributed by atoms with Gasteiger partial charge in [-0.3, -0.25) is 0 Å². The highest BCUT2D eigenvalue weighted by Gasteiger charge is 2.54. The van der Waals surface area contributed by atoms with Crippen LogP contribution in [0, 0.1) is 12.3 Å². The summed E-state index contributed by atoms with van der Waals surface area (Å²) in [6, 6.07) is 14.9. The monoisotopic (exact) mass is 374 g/mol. The van der Waals surface area contributed by atoms with Crippen molar-refractivity contribution in [2.45, 2.75) is 26.7 Å². The van der Waals surface area contributed by atoms with E-state index in [0.717, 1.165) is 0 Å². The van der Waals surface area contributed by atoms with Gasteiger partial charge in [0.1, 0.15) is 0 Å². The van der Waals surface area contributed by atoms with Crippen LogP contribution in [0.4, 0.5) is 0 Å². The van der Waals surface area contributed by atoms with Gasteiger partial charge in [0.15, 0.2) is 23.8 Å². The van der Waals surface area contributed by atoms with E-state index in [4.69, 9.17) is 6.42 Å². The standard InChI is InChI=1S/C19H18O4S2/c1-3-15-19(16-4-2,24(20,21)17-11-7-5-8-12-17)25(22,23)18-13-9-6-10-14-18/h1,4-14H,2,15-16H2. The Kier molecular flexibility index (Phi) is 5.51. The molecule has 2 aromatic carbocycles. The third-order valence-electron chi connectivity index (χ3n) is 3.91. The lowest BCUT2D eigenvalue weighted by atomic mass is 10.2. The molecule has 0 aliphatic heterocycles. The number of hydrogen-bond donors (Lipinski definition) is 0. The summed E-state index contributed by atoms with van der Waals surface area (Å²) in [4.78, 5) is -0.182. The lowest BCUT2D eigenvalue weighted by Crippen LogP contribution is -2.46. The van der Waals surface area contributed by atoms with Crippen molar-refractivity contribution in [2.75, 3.05) is 0 Å². The summed E-state index contributed by atoms with van der Waals surface area (Å²) < 4.78 is 51.1. The molecule has 130 valence electrons. The molecule has 0 fully saturated rings. The van der Waals surface area contributed by atoms with Crippen LogP contribution in [-0.2, 0) is 19.7 Å². The minimum absolute atomic E-state index is 0.0911. The SMILES string of the molecule is C#CCC(CC=C)(S(=O)(=O)c1ccccc1)S(=O)(=O)c1ccccc1. The van der Waals surface area contributed by atoms with E-state index in [0.29, 0.717) is 0 Å². The van der Waals surface area contributed by atoms with Gasteiger partial charge in [-0.15, -0.1) is 18.9 Å². The molecular formula is C19H18O4S2. The van der Waals surface area contributed by atoms with E-state index >= 15 is 0 Å². The highest BCUT2D eigenvalue weighted by Crippen LogP contribution is 2.41. The fourth-order valence-corrected chi connectivity index (χ4v) is 7.47. The molecule has 0 aliphatic rings. The second-order valence-electron chi connectivity index (χ2n) is 5.42. The minimum Gasteiger partial charge on any atom is -0.222 e. The number of benzene rings is 2. The number of rotatable bonds is 7. The van der Waals surface area contributed by atoms with Crippen molar-refractivity contribution in [2.24, 2.45) is 0 Å². The minimum atomic E-state index is -4.29. The normalized spacial score (nSPS) is 12.3. The van der Waals surface area contributed by atoms with Crippen molar-refractivity contribution in [3.63, 3.8) is 0 Å². The summed E-state index contributed by atoms with van der Waals surface area (Å²) in [6.45, 7) is 3.54. The Bertz CT molecular complexity index is 915. The molecule has 0 aliphatic carbocycles. The van der Waals surface area contributed by atoms with Gasteiger partial charge in [-0.05, 0) is 24.3 Å². The Morgan fingerprint density at radius 1 is 0.880 bits per heavy atom. The zero-order chi connectivity index (χ0) is 18.6. The number of hydrogen-bond acceptors (Lipinski definition) is 4. The van der Waals surface area contributed by atoms with Crippen molar-refractivity contribution >= 4 is 19.7 Å². The largest absolute Gasteiger partial charge is 0.222 e. The van der Waals surface area contributed by atoms with E-state index in [9.17, 15) is 16.8 Å². The summed E-state index contributed by atoms with van der Waals surface area (Å²) in [6.07, 6.45) is 5.86. The molecule has 0 radical (unpaired) electrons. The van der Waals surface area contributed by atoms with Crippen LogP contribution < -0.4 is 0 Å². The summed E-state index contributed by atoms with van der Waals surface area (Å²) >= 11 is 0. The van der Waals surface area contributed by atoms with Crippen molar-refractivity contribution in [1.29, 1.82) is 0 Å². The van der Waals surface area contributed by atoms with Crippen molar-refractivity contribution in [3.8, 4) is 12.3 Å². The van der Waals surface area contributed by atoms with E-state index in [1.807, 2.05) is 0 Å². The van der Waals surface area contributed by atoms with Gasteiger partial charge in [-0.2, -0.15) is 0 Å². The topological polar surface area (TPSA) is 68.3 Å². The Hall–Kier alpha value is -2.36. The van der Waals surface area contributed by atoms with Gasteiger partial charge in [0.05, 0.1) is 9.79 Å². The van der Waals surface area contributed by atoms with E-state index in [1.165, 1.54) is 54.6 Å². The average molecular weight is 374 g/mol. The molecule has 2 aromatic rings. The number of allylic oxidation sites excluding steroid dienone is 1. The van der Waals surface area contributed by atoms with Gasteiger partial charge in [0.25, 0.3) is 0 Å². The third kappa shape index (κ3) is 3.13. The van der Waals surface area contributed by atoms with Gasteiger partial charge >= 0.3 is 0 Å². The van der Waals surface area contributed by atoms with E-state index in [-0.39, 0.29) is 16.2 Å². The molecule has 0 saturated heterocycles. The van der Waals surface area contributed by atoms with Crippen LogP contribution in [0.15, 0.2) is 83.1 Å². The molecule has 25 heavy (non-hydrogen) atoms. The number of sulfone groups is 2. The molecule has 0 atom stereocenters. The summed E-state index contributed by atoms with van der Waals surface area (Å²) in [7, 11) is -8.59. The second-order valence-corrected chi connectivity index (χ2v) is 10.2. The van der Waals surface area contributed by atoms with Gasteiger partial charge in [0, 0.05) is 12.8 Å². The molecule has 0 aromatic heterocycles. The third-order valence-corrected chi connectivity index (χ3v) is 9.60. The van der Waals surface area contributed by atoms with Gasteiger partial charge in [-0.25, -0.2) is 16.8 Å². The van der Waals surface area contributed by atoms with Gasteiger partial charge in [-0.1, -0.05) is 42.5 Å². The van der Waals surface area contributed by atoms with Crippen LogP contribution in [0.2, 0.25) is 0 Å². The lowest BCUT2D eigenvalue weighted by Gasteiger charge is -2.30. The van der Waals surface area contributed by atoms with Crippen LogP contribution in [0.25, 0.3) is 0 Å². The molecule has 0 N–H and O–H groups in total. The Morgan fingerprint density at radius 3 is 1.60 bits per heavy atom. The first-order chi connectivity index (χ1) is 11.8. The molecule has 0 unspecified atom stereocenters. The first-order valence-corrected chi connectivity index (χ1v) is 10.4. The highest BCUT2D eigenvalue weighted by atomic mass is 32.3. The first-order valence-electron chi connectivity index (χ1n) is 7.47. The van der Waals surface area contributed by atoms with Crippen LogP contribution in [0.3, 0.4) is 0 Å². The first kappa shape index (κ1) is 19.0. The van der Waals surface area contributed by atoms with E-state index in [1.54, 1.807) is 12.1 Å². The van der Waals surface area contributed by atoms with Crippen LogP contribution in [-0.4, -0.2) is 20.9 Å². The molecule has 0 saturated carbocycles. The molecule has 0 bridgehead atoms. The Morgan fingerprint density at radius 2 is 1.28 bits per heavy atom. The fraction of sp³-hybridized carbons (Fsp3) is 0.158. The van der Waals surface area contributed by atoms with E-state index in [2.05, 4.69) is 12.5 Å². The van der Waals surface area contributed by atoms with Crippen LogP contribution >= 0.6 is 0 Å². The molecule has 0 heterocycles. The maximum atomic E-state index is 13.3. The molecule has 2 rings (SSSR count). The Balaban J connectivity index is 2.85. The number of terminal acetylenes is 1.